The molecule has 178 valence electrons. The number of ketones is 1. The highest BCUT2D eigenvalue weighted by Crippen LogP contribution is 2.58. The maximum absolute atomic E-state index is 13.3. The Kier molecular flexibility index (Phi) is 5.98. The molecule has 2 fully saturated rings. The van der Waals surface area contributed by atoms with E-state index in [2.05, 4.69) is 0 Å². The first-order valence-electron chi connectivity index (χ1n) is 11.1. The van der Waals surface area contributed by atoms with E-state index in [1.54, 1.807) is 32.9 Å². The number of aliphatic hydroxyl groups is 2. The predicted molar refractivity (Wildman–Crippen MR) is 120 cm³/mol. The Bertz CT molecular complexity index is 1050. The van der Waals surface area contributed by atoms with Gasteiger partial charge in [-0.3, -0.25) is 9.59 Å². The summed E-state index contributed by atoms with van der Waals surface area (Å²) < 4.78 is 17.1. The van der Waals surface area contributed by atoms with Gasteiger partial charge < -0.3 is 24.4 Å². The molecule has 4 aliphatic rings. The summed E-state index contributed by atoms with van der Waals surface area (Å²) in [7, 11) is 0. The Hall–Kier alpha value is -2.19. The first kappa shape index (κ1) is 24.0. The number of halogens is 1. The second kappa shape index (κ2) is 8.24. The number of fused-ring (bicyclic) bond motifs is 5. The molecule has 3 aliphatic heterocycles. The summed E-state index contributed by atoms with van der Waals surface area (Å²) in [4.78, 5) is 26.1. The van der Waals surface area contributed by atoms with Crippen LogP contribution in [0.1, 0.15) is 41.0 Å². The maximum atomic E-state index is 13.3. The van der Waals surface area contributed by atoms with Crippen molar-refractivity contribution in [3.05, 3.63) is 58.1 Å². The molecule has 0 aromatic rings. The molecule has 0 aromatic carbocycles. The van der Waals surface area contributed by atoms with Crippen molar-refractivity contribution < 1.29 is 34.0 Å². The Morgan fingerprint density at radius 2 is 2.00 bits per heavy atom. The molecule has 1 unspecified atom stereocenters. The highest BCUT2D eigenvalue weighted by Gasteiger charge is 2.70. The number of Topliss-reactive ketones (excluding diaryl/α,β-unsaturated/α-hetero) is 1. The minimum Gasteiger partial charge on any atom is -0.465 e. The Labute approximate surface area is 198 Å². The van der Waals surface area contributed by atoms with Gasteiger partial charge in [-0.1, -0.05) is 36.2 Å². The summed E-state index contributed by atoms with van der Waals surface area (Å²) in [5, 5.41) is 20.8. The molecule has 2 saturated heterocycles. The molecule has 0 aromatic heterocycles. The average molecular weight is 477 g/mol. The maximum Gasteiger partial charge on any atom is 0.315 e. The van der Waals surface area contributed by atoms with Crippen LogP contribution in [0.2, 0.25) is 0 Å². The highest BCUT2D eigenvalue weighted by molar-refractivity contribution is 6.45. The summed E-state index contributed by atoms with van der Waals surface area (Å²) in [6.07, 6.45) is 7.68. The molecule has 3 heterocycles. The van der Waals surface area contributed by atoms with Gasteiger partial charge in [0.15, 0.2) is 5.79 Å². The molecular weight excluding hydrogens is 448 g/mol. The van der Waals surface area contributed by atoms with Gasteiger partial charge in [0, 0.05) is 29.4 Å². The van der Waals surface area contributed by atoms with Crippen molar-refractivity contribution in [2.75, 3.05) is 0 Å². The van der Waals surface area contributed by atoms with E-state index in [0.717, 1.165) is 5.57 Å². The van der Waals surface area contributed by atoms with E-state index in [0.29, 0.717) is 16.9 Å². The standard InChI is InChI=1S/C25H29ClO7/c1-12(8-13(2)15(4)27)6-7-16-9-17-18(11-31-16)19-20-23(29)32-14(3)10-25(20,30)33-24(19,5)22(28)21(17)26/h6-9,11,13-15,19-20,27,30H,10H2,1-5H3/b7-6+,12-8+/t13-,14+,15?,19-,20+,24+,25-/m1/s1. The summed E-state index contributed by atoms with van der Waals surface area (Å²) in [5.74, 6) is -4.37. The number of carbonyl (C=O) groups excluding carboxylic acids is 2. The van der Waals surface area contributed by atoms with Gasteiger partial charge >= 0.3 is 5.97 Å². The molecule has 7 nitrogen and oxygen atoms in total. The molecule has 0 radical (unpaired) electrons. The predicted octanol–water partition coefficient (Wildman–Crippen LogP) is 3.42. The minimum absolute atomic E-state index is 0.00715. The van der Waals surface area contributed by atoms with Crippen LogP contribution in [0.25, 0.3) is 0 Å². The van der Waals surface area contributed by atoms with Crippen molar-refractivity contribution in [3.63, 3.8) is 0 Å². The zero-order valence-electron chi connectivity index (χ0n) is 19.3. The molecular formula is C25H29ClO7. The van der Waals surface area contributed by atoms with E-state index in [1.165, 1.54) is 6.26 Å². The first-order chi connectivity index (χ1) is 15.4. The van der Waals surface area contributed by atoms with Gasteiger partial charge in [-0.2, -0.15) is 0 Å². The third-order valence-corrected chi connectivity index (χ3v) is 7.27. The lowest BCUT2D eigenvalue weighted by atomic mass is 9.66. The van der Waals surface area contributed by atoms with Crippen LogP contribution >= 0.6 is 11.6 Å². The number of hydrogen-bond donors (Lipinski definition) is 2. The van der Waals surface area contributed by atoms with Crippen LogP contribution in [0.3, 0.4) is 0 Å². The quantitative estimate of drug-likeness (QED) is 0.473. The van der Waals surface area contributed by atoms with Crippen molar-refractivity contribution in [1.29, 1.82) is 0 Å². The van der Waals surface area contributed by atoms with Crippen molar-refractivity contribution in [2.24, 2.45) is 17.8 Å². The molecule has 0 bridgehead atoms. The SMILES string of the molecule is CC(/C=C/C1=CC2=C(Cl)C(=O)[C@@]3(C)O[C@]4(O)C[C@H](C)OC(=O)[C@@H]4[C@H]3C2=CO1)=C\[C@@H](C)C(C)O. The number of aliphatic hydroxyl groups excluding tert-OH is 1. The van der Waals surface area contributed by atoms with Crippen LogP contribution in [-0.2, 0) is 23.8 Å². The lowest BCUT2D eigenvalue weighted by Gasteiger charge is -2.38. The Balaban J connectivity index is 1.68. The minimum atomic E-state index is -1.83. The van der Waals surface area contributed by atoms with Crippen LogP contribution in [0.15, 0.2) is 58.1 Å². The highest BCUT2D eigenvalue weighted by atomic mass is 35.5. The van der Waals surface area contributed by atoms with Gasteiger partial charge in [0.25, 0.3) is 0 Å². The molecule has 33 heavy (non-hydrogen) atoms. The zero-order chi connectivity index (χ0) is 24.3. The molecule has 8 heteroatoms. The summed E-state index contributed by atoms with van der Waals surface area (Å²) >= 11 is 6.48. The fourth-order valence-corrected chi connectivity index (χ4v) is 5.44. The van der Waals surface area contributed by atoms with Gasteiger partial charge in [-0.25, -0.2) is 0 Å². The number of rotatable bonds is 4. The molecule has 2 N–H and O–H groups in total. The Morgan fingerprint density at radius 3 is 2.67 bits per heavy atom. The van der Waals surface area contributed by atoms with E-state index in [1.807, 2.05) is 26.0 Å². The van der Waals surface area contributed by atoms with Crippen molar-refractivity contribution in [2.45, 2.75) is 64.6 Å². The number of cyclic esters (lactones) is 1. The molecule has 0 spiro atoms. The van der Waals surface area contributed by atoms with Crippen LogP contribution in [0, 0.1) is 17.8 Å². The molecule has 0 amide bonds. The van der Waals surface area contributed by atoms with E-state index >= 15 is 0 Å². The second-order valence-corrected chi connectivity index (χ2v) is 9.98. The fraction of sp³-hybridized carbons (Fsp3) is 0.520. The largest absolute Gasteiger partial charge is 0.465 e. The van der Waals surface area contributed by atoms with Crippen molar-refractivity contribution in [3.8, 4) is 0 Å². The van der Waals surface area contributed by atoms with Crippen LogP contribution in [0.4, 0.5) is 0 Å². The van der Waals surface area contributed by atoms with E-state index in [9.17, 15) is 19.8 Å². The van der Waals surface area contributed by atoms with Gasteiger partial charge in [-0.05, 0) is 39.8 Å². The van der Waals surface area contributed by atoms with E-state index in [4.69, 9.17) is 25.8 Å². The number of esters is 1. The van der Waals surface area contributed by atoms with Gasteiger partial charge in [0.05, 0.1) is 17.4 Å². The number of allylic oxidation sites excluding steroid dienone is 5. The Morgan fingerprint density at radius 1 is 1.30 bits per heavy atom. The molecule has 4 rings (SSSR count). The summed E-state index contributed by atoms with van der Waals surface area (Å²) in [5.41, 5.74) is 0.369. The fourth-order valence-electron chi connectivity index (χ4n) is 5.09. The zero-order valence-corrected chi connectivity index (χ0v) is 20.1. The van der Waals surface area contributed by atoms with Gasteiger partial charge in [-0.15, -0.1) is 0 Å². The van der Waals surface area contributed by atoms with E-state index in [-0.39, 0.29) is 17.4 Å². The summed E-state index contributed by atoms with van der Waals surface area (Å²) in [6, 6.07) is 0. The normalized spacial score (nSPS) is 38.1. The molecule has 7 atom stereocenters. The third kappa shape index (κ3) is 3.91. The second-order valence-electron chi connectivity index (χ2n) is 9.60. The lowest BCUT2D eigenvalue weighted by Crippen LogP contribution is -2.50. The first-order valence-corrected chi connectivity index (χ1v) is 11.5. The molecule has 1 aliphatic carbocycles. The number of ether oxygens (including phenoxy) is 3. The smallest absolute Gasteiger partial charge is 0.315 e. The van der Waals surface area contributed by atoms with Gasteiger partial charge in [0.2, 0.25) is 5.78 Å². The van der Waals surface area contributed by atoms with E-state index < -0.39 is 47.2 Å². The monoisotopic (exact) mass is 476 g/mol. The van der Waals surface area contributed by atoms with Crippen molar-refractivity contribution in [1.82, 2.24) is 0 Å². The van der Waals surface area contributed by atoms with Crippen LogP contribution in [0.5, 0.6) is 0 Å². The van der Waals surface area contributed by atoms with Crippen molar-refractivity contribution >= 4 is 23.4 Å². The average Bonchev–Trinajstić information content (AvgIpc) is 2.98. The van der Waals surface area contributed by atoms with Crippen LogP contribution < -0.4 is 0 Å². The van der Waals surface area contributed by atoms with Gasteiger partial charge in [0.1, 0.15) is 23.4 Å². The van der Waals surface area contributed by atoms with Crippen LogP contribution in [-0.4, -0.2) is 45.6 Å². The molecule has 0 saturated carbocycles. The number of hydrogen-bond acceptors (Lipinski definition) is 7. The topological polar surface area (TPSA) is 102 Å². The third-order valence-electron chi connectivity index (χ3n) is 6.89. The lowest BCUT2D eigenvalue weighted by molar-refractivity contribution is -0.260. The number of carbonyl (C=O) groups is 2. The summed E-state index contributed by atoms with van der Waals surface area (Å²) in [6.45, 7) is 8.78.